The van der Waals surface area contributed by atoms with Crippen LogP contribution in [0.4, 0.5) is 4.39 Å². The Kier molecular flexibility index (Phi) is 4.45. The Morgan fingerprint density at radius 1 is 1.32 bits per heavy atom. The normalized spacial score (nSPS) is 11.3. The van der Waals surface area contributed by atoms with E-state index in [1.54, 1.807) is 12.1 Å². The summed E-state index contributed by atoms with van der Waals surface area (Å²) in [5.74, 6) is -1.17. The second-order valence-electron chi connectivity index (χ2n) is 5.74. The first-order valence-corrected chi connectivity index (χ1v) is 7.07. The molecule has 0 saturated heterocycles. The van der Waals surface area contributed by atoms with Gasteiger partial charge in [0, 0.05) is 6.20 Å². The maximum Gasteiger partial charge on any atom is 0.255 e. The Balaban J connectivity index is 2.19. The van der Waals surface area contributed by atoms with Crippen LogP contribution < -0.4 is 10.5 Å². The minimum Gasteiger partial charge on any atom is -0.436 e. The van der Waals surface area contributed by atoms with Gasteiger partial charge in [-0.05, 0) is 35.6 Å². The Hall–Kier alpha value is -2.43. The van der Waals surface area contributed by atoms with Crippen LogP contribution in [0.25, 0.3) is 0 Å². The van der Waals surface area contributed by atoms with E-state index in [1.807, 2.05) is 12.1 Å². The van der Waals surface area contributed by atoms with Crippen LogP contribution in [0.5, 0.6) is 11.6 Å². The number of carbonyl (C=O) groups is 1. The maximum atomic E-state index is 13.8. The molecular weight excluding hydrogens is 283 g/mol. The summed E-state index contributed by atoms with van der Waals surface area (Å²) in [5.41, 5.74) is 6.33. The van der Waals surface area contributed by atoms with Crippen molar-refractivity contribution in [3.8, 4) is 11.6 Å². The molecule has 0 aliphatic heterocycles. The van der Waals surface area contributed by atoms with E-state index in [-0.39, 0.29) is 16.9 Å². The number of amides is 1. The molecule has 1 aromatic heterocycles. The molecule has 1 amide bonds. The van der Waals surface area contributed by atoms with Gasteiger partial charge < -0.3 is 10.5 Å². The van der Waals surface area contributed by atoms with Gasteiger partial charge in [-0.1, -0.05) is 32.9 Å². The topological polar surface area (TPSA) is 65.2 Å². The zero-order valence-electron chi connectivity index (χ0n) is 12.9. The van der Waals surface area contributed by atoms with Gasteiger partial charge in [0.2, 0.25) is 5.91 Å². The molecular formula is C17H19FN2O2. The highest BCUT2D eigenvalue weighted by Gasteiger charge is 2.18. The highest BCUT2D eigenvalue weighted by molar-refractivity contribution is 5.92. The van der Waals surface area contributed by atoms with Crippen molar-refractivity contribution in [1.82, 2.24) is 4.98 Å². The van der Waals surface area contributed by atoms with Crippen LogP contribution in [0.2, 0.25) is 0 Å². The first-order chi connectivity index (χ1) is 10.3. The first-order valence-electron chi connectivity index (χ1n) is 7.07. The average molecular weight is 302 g/mol. The van der Waals surface area contributed by atoms with Gasteiger partial charge in [0.15, 0.2) is 5.82 Å². The third kappa shape index (κ3) is 3.42. The van der Waals surface area contributed by atoms with E-state index in [9.17, 15) is 9.18 Å². The molecule has 2 aromatic rings. The van der Waals surface area contributed by atoms with Crippen LogP contribution in [-0.2, 0) is 5.41 Å². The number of halogens is 1. The molecule has 5 heteroatoms. The second-order valence-corrected chi connectivity index (χ2v) is 5.74. The molecule has 1 heterocycles. The highest BCUT2D eigenvalue weighted by Crippen LogP contribution is 2.29. The summed E-state index contributed by atoms with van der Waals surface area (Å²) in [6.45, 7) is 6.45. The van der Waals surface area contributed by atoms with Gasteiger partial charge in [0.1, 0.15) is 5.75 Å². The lowest BCUT2D eigenvalue weighted by Crippen LogP contribution is -2.15. The van der Waals surface area contributed by atoms with Crippen molar-refractivity contribution >= 4 is 5.91 Å². The van der Waals surface area contributed by atoms with E-state index in [1.165, 1.54) is 11.8 Å². The number of benzene rings is 1. The molecule has 22 heavy (non-hydrogen) atoms. The van der Waals surface area contributed by atoms with E-state index in [0.29, 0.717) is 5.75 Å². The zero-order valence-corrected chi connectivity index (χ0v) is 12.9. The number of nitrogens with two attached hydrogens (primary N) is 1. The molecule has 0 aliphatic rings. The fourth-order valence-electron chi connectivity index (χ4n) is 1.93. The summed E-state index contributed by atoms with van der Waals surface area (Å²) in [4.78, 5) is 14.7. The smallest absolute Gasteiger partial charge is 0.255 e. The molecule has 0 aliphatic carbocycles. The maximum absolute atomic E-state index is 13.8. The quantitative estimate of drug-likeness (QED) is 0.913. The predicted molar refractivity (Wildman–Crippen MR) is 82.5 cm³/mol. The van der Waals surface area contributed by atoms with Gasteiger partial charge in [-0.2, -0.15) is 0 Å². The number of primary amides is 1. The number of carbonyl (C=O) groups excluding carboxylic acids is 1. The van der Waals surface area contributed by atoms with E-state index >= 15 is 0 Å². The Labute approximate surface area is 129 Å². The summed E-state index contributed by atoms with van der Waals surface area (Å²) >= 11 is 0. The number of hydrogen-bond acceptors (Lipinski definition) is 3. The summed E-state index contributed by atoms with van der Waals surface area (Å²) < 4.78 is 19.2. The number of pyridine rings is 1. The largest absolute Gasteiger partial charge is 0.436 e. The van der Waals surface area contributed by atoms with Crippen molar-refractivity contribution in [2.75, 3.05) is 0 Å². The van der Waals surface area contributed by atoms with Gasteiger partial charge >= 0.3 is 0 Å². The fraction of sp³-hybridized carbons (Fsp3) is 0.294. The van der Waals surface area contributed by atoms with Crippen LogP contribution in [0.3, 0.4) is 0 Å². The molecule has 116 valence electrons. The number of nitrogens with zero attached hydrogens (tertiary/aromatic N) is 1. The number of hydrogen-bond donors (Lipinski definition) is 1. The highest BCUT2D eigenvalue weighted by atomic mass is 19.1. The third-order valence-electron chi connectivity index (χ3n) is 3.83. The van der Waals surface area contributed by atoms with E-state index in [4.69, 9.17) is 10.5 Å². The summed E-state index contributed by atoms with van der Waals surface area (Å²) in [7, 11) is 0. The van der Waals surface area contributed by atoms with Crippen molar-refractivity contribution in [2.24, 2.45) is 5.73 Å². The predicted octanol–water partition coefficient (Wildman–Crippen LogP) is 3.80. The van der Waals surface area contributed by atoms with Crippen molar-refractivity contribution in [1.29, 1.82) is 0 Å². The molecule has 2 rings (SSSR count). The lowest BCUT2D eigenvalue weighted by Gasteiger charge is -2.23. The van der Waals surface area contributed by atoms with Crippen molar-refractivity contribution < 1.29 is 13.9 Å². The molecule has 0 atom stereocenters. The first kappa shape index (κ1) is 15.9. The summed E-state index contributed by atoms with van der Waals surface area (Å²) in [6, 6.07) is 8.47. The minimum absolute atomic E-state index is 0.00453. The zero-order chi connectivity index (χ0) is 16.3. The monoisotopic (exact) mass is 302 g/mol. The lowest BCUT2D eigenvalue weighted by atomic mass is 9.82. The van der Waals surface area contributed by atoms with E-state index in [2.05, 4.69) is 25.8 Å². The van der Waals surface area contributed by atoms with Gasteiger partial charge in [0.05, 0.1) is 5.56 Å². The van der Waals surface area contributed by atoms with Gasteiger partial charge in [-0.25, -0.2) is 9.37 Å². The third-order valence-corrected chi connectivity index (χ3v) is 3.83. The molecule has 0 radical (unpaired) electrons. The Morgan fingerprint density at radius 2 is 1.95 bits per heavy atom. The van der Waals surface area contributed by atoms with Crippen molar-refractivity contribution in [3.05, 3.63) is 53.5 Å². The molecule has 0 spiro atoms. The van der Waals surface area contributed by atoms with Gasteiger partial charge in [0.25, 0.3) is 5.88 Å². The van der Waals surface area contributed by atoms with Crippen molar-refractivity contribution in [2.45, 2.75) is 32.6 Å². The number of rotatable bonds is 5. The lowest BCUT2D eigenvalue weighted by molar-refractivity contribution is 0.0999. The standard InChI is InChI=1S/C17H19FN2O2/c1-4-17(2,3)12-5-7-13(8-6-12)22-16-14(18)9-11(10-20-16)15(19)21/h5-10H,4H2,1-3H3,(H2,19,21). The average Bonchev–Trinajstić information content (AvgIpc) is 2.49. The molecule has 0 saturated carbocycles. The molecule has 1 aromatic carbocycles. The molecule has 0 bridgehead atoms. The van der Waals surface area contributed by atoms with E-state index < -0.39 is 11.7 Å². The Bertz CT molecular complexity index is 682. The van der Waals surface area contributed by atoms with Crippen LogP contribution in [0.1, 0.15) is 43.1 Å². The molecule has 2 N–H and O–H groups in total. The molecule has 4 nitrogen and oxygen atoms in total. The second kappa shape index (κ2) is 6.13. The SMILES string of the molecule is CCC(C)(C)c1ccc(Oc2ncc(C(N)=O)cc2F)cc1. The molecule has 0 unspecified atom stereocenters. The van der Waals surface area contributed by atoms with Gasteiger partial charge in [-0.15, -0.1) is 0 Å². The minimum atomic E-state index is -0.732. The fourth-order valence-corrected chi connectivity index (χ4v) is 1.93. The molecule has 0 fully saturated rings. The van der Waals surface area contributed by atoms with Crippen LogP contribution >= 0.6 is 0 Å². The summed E-state index contributed by atoms with van der Waals surface area (Å²) in [6.07, 6.45) is 2.20. The van der Waals surface area contributed by atoms with Crippen LogP contribution in [0.15, 0.2) is 36.5 Å². The van der Waals surface area contributed by atoms with Gasteiger partial charge in [-0.3, -0.25) is 4.79 Å². The van der Waals surface area contributed by atoms with Crippen LogP contribution in [-0.4, -0.2) is 10.9 Å². The summed E-state index contributed by atoms with van der Waals surface area (Å²) in [5, 5.41) is 0. The number of aromatic nitrogens is 1. The van der Waals surface area contributed by atoms with Crippen LogP contribution in [0, 0.1) is 5.82 Å². The van der Waals surface area contributed by atoms with E-state index in [0.717, 1.165) is 12.5 Å². The Morgan fingerprint density at radius 3 is 2.45 bits per heavy atom. The number of ether oxygens (including phenoxy) is 1. The van der Waals surface area contributed by atoms with Crippen molar-refractivity contribution in [3.63, 3.8) is 0 Å².